The minimum atomic E-state index is -4.40. The predicted molar refractivity (Wildman–Crippen MR) is 51.9 cm³/mol. The Kier molecular flexibility index (Phi) is 3.21. The average Bonchev–Trinajstić information content (AvgIpc) is 2.06. The monoisotopic (exact) mass is 267 g/mol. The fourth-order valence-corrected chi connectivity index (χ4v) is 1.50. The lowest BCUT2D eigenvalue weighted by atomic mass is 10.0. The molecule has 0 saturated carbocycles. The Balaban J connectivity index is 3.12. The summed E-state index contributed by atoms with van der Waals surface area (Å²) in [4.78, 5) is 0. The van der Waals surface area contributed by atoms with Crippen LogP contribution in [0.5, 0.6) is 0 Å². The first-order valence-electron chi connectivity index (χ1n) is 3.90. The van der Waals surface area contributed by atoms with Crippen LogP contribution in [0.4, 0.5) is 13.2 Å². The molecule has 78 valence electrons. The van der Waals surface area contributed by atoms with Gasteiger partial charge in [-0.15, -0.1) is 0 Å². The van der Waals surface area contributed by atoms with Gasteiger partial charge in [0.2, 0.25) is 0 Å². The van der Waals surface area contributed by atoms with Crippen LogP contribution in [0.15, 0.2) is 22.7 Å². The molecule has 1 atom stereocenters. The van der Waals surface area contributed by atoms with Gasteiger partial charge in [-0.3, -0.25) is 0 Å². The molecular formula is C9H9BrF3N. The molecule has 0 aliphatic carbocycles. The van der Waals surface area contributed by atoms with E-state index < -0.39 is 12.2 Å². The fraction of sp³-hybridized carbons (Fsp3) is 0.333. The van der Waals surface area contributed by atoms with Crippen LogP contribution in [0.3, 0.4) is 0 Å². The molecule has 0 spiro atoms. The van der Waals surface area contributed by atoms with Crippen LogP contribution < -0.4 is 5.73 Å². The average molecular weight is 268 g/mol. The molecule has 0 amide bonds. The molecule has 0 saturated heterocycles. The van der Waals surface area contributed by atoms with E-state index in [-0.39, 0.29) is 5.56 Å². The highest BCUT2D eigenvalue weighted by Gasteiger charge is 2.38. The Bertz CT molecular complexity index is 335. The Hall–Kier alpha value is -0.550. The van der Waals surface area contributed by atoms with Crippen molar-refractivity contribution in [1.29, 1.82) is 0 Å². The largest absolute Gasteiger partial charge is 0.407 e. The van der Waals surface area contributed by atoms with Crippen molar-refractivity contribution in [3.63, 3.8) is 0 Å². The molecule has 0 radical (unpaired) electrons. The summed E-state index contributed by atoms with van der Waals surface area (Å²) in [6.07, 6.45) is -4.40. The lowest BCUT2D eigenvalue weighted by Crippen LogP contribution is -2.29. The van der Waals surface area contributed by atoms with Crippen molar-refractivity contribution in [2.75, 3.05) is 0 Å². The topological polar surface area (TPSA) is 26.0 Å². The summed E-state index contributed by atoms with van der Waals surface area (Å²) < 4.78 is 37.5. The Morgan fingerprint density at radius 1 is 1.36 bits per heavy atom. The van der Waals surface area contributed by atoms with Crippen molar-refractivity contribution in [2.24, 2.45) is 5.73 Å². The van der Waals surface area contributed by atoms with Crippen LogP contribution in [0.25, 0.3) is 0 Å². The van der Waals surface area contributed by atoms with Crippen LogP contribution in [-0.2, 0) is 0 Å². The number of alkyl halides is 3. The van der Waals surface area contributed by atoms with Crippen molar-refractivity contribution in [2.45, 2.75) is 19.1 Å². The van der Waals surface area contributed by atoms with E-state index in [4.69, 9.17) is 5.73 Å². The number of nitrogens with two attached hydrogens (primary N) is 1. The van der Waals surface area contributed by atoms with Gasteiger partial charge < -0.3 is 5.73 Å². The van der Waals surface area contributed by atoms with Gasteiger partial charge in [0.25, 0.3) is 0 Å². The zero-order valence-electron chi connectivity index (χ0n) is 7.40. The number of hydrogen-bond acceptors (Lipinski definition) is 1. The second-order valence-electron chi connectivity index (χ2n) is 3.02. The molecule has 2 N–H and O–H groups in total. The third-order valence-corrected chi connectivity index (χ3v) is 2.42. The van der Waals surface area contributed by atoms with Crippen LogP contribution in [-0.4, -0.2) is 6.18 Å². The van der Waals surface area contributed by atoms with E-state index in [1.54, 1.807) is 19.1 Å². The first-order chi connectivity index (χ1) is 6.32. The molecule has 0 heterocycles. The van der Waals surface area contributed by atoms with E-state index in [2.05, 4.69) is 15.9 Å². The summed E-state index contributed by atoms with van der Waals surface area (Å²) in [5.74, 6) is 0. The van der Waals surface area contributed by atoms with Gasteiger partial charge in [0.05, 0.1) is 0 Å². The number of halogens is 4. The van der Waals surface area contributed by atoms with Gasteiger partial charge in [-0.1, -0.05) is 22.0 Å². The summed E-state index contributed by atoms with van der Waals surface area (Å²) in [5.41, 5.74) is 5.74. The maximum atomic E-state index is 12.3. The zero-order chi connectivity index (χ0) is 10.9. The van der Waals surface area contributed by atoms with Crippen LogP contribution >= 0.6 is 15.9 Å². The van der Waals surface area contributed by atoms with E-state index in [1.165, 1.54) is 6.07 Å². The molecule has 14 heavy (non-hydrogen) atoms. The first kappa shape index (κ1) is 11.5. The van der Waals surface area contributed by atoms with Gasteiger partial charge in [-0.2, -0.15) is 13.2 Å². The molecule has 1 rings (SSSR count). The Morgan fingerprint density at radius 3 is 2.43 bits per heavy atom. The SMILES string of the molecule is Cc1ccc(Br)cc1C(N)C(F)(F)F. The number of rotatable bonds is 1. The Labute approximate surface area is 88.2 Å². The molecule has 5 heteroatoms. The summed E-state index contributed by atoms with van der Waals surface area (Å²) >= 11 is 3.11. The molecule has 0 aromatic heterocycles. The summed E-state index contributed by atoms with van der Waals surface area (Å²) in [5, 5.41) is 0. The van der Waals surface area contributed by atoms with Gasteiger partial charge in [0.15, 0.2) is 0 Å². The van der Waals surface area contributed by atoms with Crippen molar-refractivity contribution in [3.05, 3.63) is 33.8 Å². The van der Waals surface area contributed by atoms with Gasteiger partial charge in [0.1, 0.15) is 6.04 Å². The minimum Gasteiger partial charge on any atom is -0.316 e. The van der Waals surface area contributed by atoms with Crippen molar-refractivity contribution in [1.82, 2.24) is 0 Å². The summed E-state index contributed by atoms with van der Waals surface area (Å²) in [6, 6.07) is 2.76. The molecule has 1 unspecified atom stereocenters. The quantitative estimate of drug-likeness (QED) is 0.830. The van der Waals surface area contributed by atoms with Crippen molar-refractivity contribution >= 4 is 15.9 Å². The van der Waals surface area contributed by atoms with E-state index >= 15 is 0 Å². The smallest absolute Gasteiger partial charge is 0.316 e. The molecule has 1 aromatic carbocycles. The van der Waals surface area contributed by atoms with Crippen molar-refractivity contribution < 1.29 is 13.2 Å². The maximum absolute atomic E-state index is 12.3. The third-order valence-electron chi connectivity index (χ3n) is 1.93. The highest BCUT2D eigenvalue weighted by atomic mass is 79.9. The van der Waals surface area contributed by atoms with Crippen LogP contribution in [0.2, 0.25) is 0 Å². The first-order valence-corrected chi connectivity index (χ1v) is 4.70. The van der Waals surface area contributed by atoms with Crippen LogP contribution in [0.1, 0.15) is 17.2 Å². The maximum Gasteiger partial charge on any atom is 0.407 e. The molecule has 0 bridgehead atoms. The molecule has 0 aliphatic heterocycles. The van der Waals surface area contributed by atoms with E-state index in [0.717, 1.165) is 0 Å². The number of benzene rings is 1. The molecule has 1 aromatic rings. The highest BCUT2D eigenvalue weighted by Crippen LogP contribution is 2.33. The highest BCUT2D eigenvalue weighted by molar-refractivity contribution is 9.10. The Morgan fingerprint density at radius 2 is 1.93 bits per heavy atom. The lowest BCUT2D eigenvalue weighted by Gasteiger charge is -2.18. The van der Waals surface area contributed by atoms with Gasteiger partial charge in [-0.25, -0.2) is 0 Å². The normalized spacial score (nSPS) is 14.1. The third kappa shape index (κ3) is 2.48. The lowest BCUT2D eigenvalue weighted by molar-refractivity contribution is -0.149. The zero-order valence-corrected chi connectivity index (χ0v) is 8.98. The summed E-state index contributed by atoms with van der Waals surface area (Å²) in [6.45, 7) is 1.60. The number of hydrogen-bond donors (Lipinski definition) is 1. The number of aryl methyl sites for hydroxylation is 1. The van der Waals surface area contributed by atoms with E-state index in [9.17, 15) is 13.2 Å². The molecule has 1 nitrogen and oxygen atoms in total. The van der Waals surface area contributed by atoms with Gasteiger partial charge in [-0.05, 0) is 30.2 Å². The van der Waals surface area contributed by atoms with Gasteiger partial charge >= 0.3 is 6.18 Å². The van der Waals surface area contributed by atoms with E-state index in [1.807, 2.05) is 0 Å². The molecule has 0 fully saturated rings. The molecule has 0 aliphatic rings. The minimum absolute atomic E-state index is 0.104. The predicted octanol–water partition coefficient (Wildman–Crippen LogP) is 3.32. The van der Waals surface area contributed by atoms with Gasteiger partial charge in [0, 0.05) is 4.47 Å². The second-order valence-corrected chi connectivity index (χ2v) is 3.94. The standard InChI is InChI=1S/C9H9BrF3N/c1-5-2-3-6(10)4-7(5)8(14)9(11,12)13/h2-4,8H,14H2,1H3. The second kappa shape index (κ2) is 3.90. The summed E-state index contributed by atoms with van der Waals surface area (Å²) in [7, 11) is 0. The van der Waals surface area contributed by atoms with Crippen molar-refractivity contribution in [3.8, 4) is 0 Å². The van der Waals surface area contributed by atoms with Crippen LogP contribution in [0, 0.1) is 6.92 Å². The fourth-order valence-electron chi connectivity index (χ4n) is 1.12. The molecular weight excluding hydrogens is 259 g/mol. The van der Waals surface area contributed by atoms with E-state index in [0.29, 0.717) is 10.0 Å².